The number of hydrogen-bond donors (Lipinski definition) is 1. The van der Waals surface area contributed by atoms with Gasteiger partial charge in [-0.2, -0.15) is 0 Å². The molecule has 1 heterocycles. The zero-order valence-corrected chi connectivity index (χ0v) is 11.3. The molecule has 0 bridgehead atoms. The van der Waals surface area contributed by atoms with Crippen molar-refractivity contribution in [3.8, 4) is 0 Å². The van der Waals surface area contributed by atoms with Gasteiger partial charge in [0.05, 0.1) is 16.9 Å². The molecular formula is C14H20F2N2. The molecule has 18 heavy (non-hydrogen) atoms. The number of nitrogens with one attached hydrogen (secondary N) is 1. The maximum atomic E-state index is 13.4. The van der Waals surface area contributed by atoms with E-state index in [-0.39, 0.29) is 5.54 Å². The molecule has 0 saturated heterocycles. The van der Waals surface area contributed by atoms with E-state index < -0.39 is 11.6 Å². The SMILES string of the molecule is CC(C)CN1c2cc(F)c(F)cc2NCC1(C)C. The number of halogens is 2. The summed E-state index contributed by atoms with van der Waals surface area (Å²) in [4.78, 5) is 2.16. The Labute approximate surface area is 107 Å². The fourth-order valence-corrected chi connectivity index (χ4v) is 2.34. The van der Waals surface area contributed by atoms with E-state index in [9.17, 15) is 8.78 Å². The quantitative estimate of drug-likeness (QED) is 0.867. The number of nitrogens with zero attached hydrogens (tertiary/aromatic N) is 1. The Morgan fingerprint density at radius 1 is 1.28 bits per heavy atom. The maximum Gasteiger partial charge on any atom is 0.161 e. The lowest BCUT2D eigenvalue weighted by Gasteiger charge is -2.46. The van der Waals surface area contributed by atoms with Crippen molar-refractivity contribution in [2.45, 2.75) is 33.2 Å². The number of anilines is 2. The van der Waals surface area contributed by atoms with Crippen molar-refractivity contribution >= 4 is 11.4 Å². The largest absolute Gasteiger partial charge is 0.381 e. The van der Waals surface area contributed by atoms with Gasteiger partial charge < -0.3 is 10.2 Å². The highest BCUT2D eigenvalue weighted by Crippen LogP contribution is 2.37. The van der Waals surface area contributed by atoms with E-state index in [1.807, 2.05) is 0 Å². The number of rotatable bonds is 2. The number of fused-ring (bicyclic) bond motifs is 1. The third kappa shape index (κ3) is 2.28. The number of benzene rings is 1. The van der Waals surface area contributed by atoms with Crippen LogP contribution in [-0.4, -0.2) is 18.6 Å². The zero-order chi connectivity index (χ0) is 13.5. The Balaban J connectivity index is 2.47. The molecule has 1 aliphatic heterocycles. The Morgan fingerprint density at radius 2 is 1.89 bits per heavy atom. The van der Waals surface area contributed by atoms with Gasteiger partial charge >= 0.3 is 0 Å². The molecule has 0 radical (unpaired) electrons. The van der Waals surface area contributed by atoms with Gasteiger partial charge in [0.2, 0.25) is 0 Å². The summed E-state index contributed by atoms with van der Waals surface area (Å²) in [6.45, 7) is 10.00. The fraction of sp³-hybridized carbons (Fsp3) is 0.571. The summed E-state index contributed by atoms with van der Waals surface area (Å²) < 4.78 is 26.7. The lowest BCUT2D eigenvalue weighted by Crippen LogP contribution is -2.53. The van der Waals surface area contributed by atoms with Crippen molar-refractivity contribution in [2.75, 3.05) is 23.3 Å². The van der Waals surface area contributed by atoms with Gasteiger partial charge in [0, 0.05) is 25.2 Å². The van der Waals surface area contributed by atoms with E-state index in [1.54, 1.807) is 0 Å². The summed E-state index contributed by atoms with van der Waals surface area (Å²) >= 11 is 0. The average molecular weight is 254 g/mol. The molecule has 4 heteroatoms. The van der Waals surface area contributed by atoms with Crippen LogP contribution in [0.25, 0.3) is 0 Å². The van der Waals surface area contributed by atoms with Crippen LogP contribution in [0.2, 0.25) is 0 Å². The predicted molar refractivity (Wildman–Crippen MR) is 71.1 cm³/mol. The highest BCUT2D eigenvalue weighted by atomic mass is 19.2. The van der Waals surface area contributed by atoms with Crippen molar-refractivity contribution in [3.05, 3.63) is 23.8 Å². The van der Waals surface area contributed by atoms with Crippen molar-refractivity contribution in [1.29, 1.82) is 0 Å². The molecule has 0 atom stereocenters. The van der Waals surface area contributed by atoms with Gasteiger partial charge in [0.25, 0.3) is 0 Å². The Bertz CT molecular complexity index is 455. The molecule has 1 aliphatic rings. The van der Waals surface area contributed by atoms with Crippen molar-refractivity contribution in [3.63, 3.8) is 0 Å². The summed E-state index contributed by atoms with van der Waals surface area (Å²) in [5, 5.41) is 3.18. The molecule has 100 valence electrons. The van der Waals surface area contributed by atoms with Gasteiger partial charge in [0.1, 0.15) is 0 Å². The summed E-state index contributed by atoms with van der Waals surface area (Å²) in [5.74, 6) is -1.13. The topological polar surface area (TPSA) is 15.3 Å². The normalized spacial score (nSPS) is 17.6. The summed E-state index contributed by atoms with van der Waals surface area (Å²) in [6, 6.07) is 2.54. The molecule has 0 unspecified atom stereocenters. The highest BCUT2D eigenvalue weighted by Gasteiger charge is 2.33. The van der Waals surface area contributed by atoms with Crippen LogP contribution < -0.4 is 10.2 Å². The molecule has 0 saturated carbocycles. The minimum absolute atomic E-state index is 0.110. The molecule has 1 aromatic carbocycles. The van der Waals surface area contributed by atoms with E-state index >= 15 is 0 Å². The molecule has 0 amide bonds. The second-order valence-electron chi connectivity index (χ2n) is 5.95. The zero-order valence-electron chi connectivity index (χ0n) is 11.3. The van der Waals surface area contributed by atoms with Gasteiger partial charge in [0.15, 0.2) is 11.6 Å². The van der Waals surface area contributed by atoms with Crippen LogP contribution in [0.5, 0.6) is 0 Å². The van der Waals surface area contributed by atoms with Crippen LogP contribution in [0.1, 0.15) is 27.7 Å². The first-order valence-electron chi connectivity index (χ1n) is 6.32. The third-order valence-electron chi connectivity index (χ3n) is 3.32. The average Bonchev–Trinajstić information content (AvgIpc) is 2.25. The van der Waals surface area contributed by atoms with Crippen LogP contribution in [0, 0.1) is 17.6 Å². The Morgan fingerprint density at radius 3 is 2.50 bits per heavy atom. The molecular weight excluding hydrogens is 234 g/mol. The van der Waals surface area contributed by atoms with Crippen molar-refractivity contribution in [1.82, 2.24) is 0 Å². The molecule has 0 spiro atoms. The van der Waals surface area contributed by atoms with Gasteiger partial charge in [-0.1, -0.05) is 13.8 Å². The minimum atomic E-state index is -0.801. The predicted octanol–water partition coefficient (Wildman–Crippen LogP) is 3.63. The maximum absolute atomic E-state index is 13.4. The molecule has 2 rings (SSSR count). The van der Waals surface area contributed by atoms with Gasteiger partial charge in [-0.3, -0.25) is 0 Å². The van der Waals surface area contributed by atoms with E-state index in [0.717, 1.165) is 18.8 Å². The van der Waals surface area contributed by atoms with Crippen LogP contribution in [0.3, 0.4) is 0 Å². The van der Waals surface area contributed by atoms with Gasteiger partial charge in [-0.25, -0.2) is 8.78 Å². The molecule has 1 aromatic rings. The van der Waals surface area contributed by atoms with E-state index in [1.165, 1.54) is 12.1 Å². The van der Waals surface area contributed by atoms with Crippen LogP contribution >= 0.6 is 0 Å². The first kappa shape index (κ1) is 13.1. The first-order valence-corrected chi connectivity index (χ1v) is 6.32. The standard InChI is InChI=1S/C14H20F2N2/c1-9(2)7-18-13-6-11(16)10(15)5-12(13)17-8-14(18,3)4/h5-6,9,17H,7-8H2,1-4H3. The summed E-state index contributed by atoms with van der Waals surface area (Å²) in [7, 11) is 0. The summed E-state index contributed by atoms with van der Waals surface area (Å²) in [5.41, 5.74) is 1.31. The first-order chi connectivity index (χ1) is 8.31. The van der Waals surface area contributed by atoms with Crippen LogP contribution in [0.4, 0.5) is 20.2 Å². The van der Waals surface area contributed by atoms with E-state index in [4.69, 9.17) is 0 Å². The Kier molecular flexibility index (Phi) is 3.21. The lowest BCUT2D eigenvalue weighted by molar-refractivity contribution is 0.436. The van der Waals surface area contributed by atoms with Crippen molar-refractivity contribution < 1.29 is 8.78 Å². The molecule has 0 aromatic heterocycles. The summed E-state index contributed by atoms with van der Waals surface area (Å²) in [6.07, 6.45) is 0. The van der Waals surface area contributed by atoms with Gasteiger partial charge in [-0.15, -0.1) is 0 Å². The molecule has 1 N–H and O–H groups in total. The molecule has 0 fully saturated rings. The van der Waals surface area contributed by atoms with Crippen LogP contribution in [0.15, 0.2) is 12.1 Å². The van der Waals surface area contributed by atoms with E-state index in [2.05, 4.69) is 37.9 Å². The smallest absolute Gasteiger partial charge is 0.161 e. The monoisotopic (exact) mass is 254 g/mol. The van der Waals surface area contributed by atoms with Crippen molar-refractivity contribution in [2.24, 2.45) is 5.92 Å². The minimum Gasteiger partial charge on any atom is -0.381 e. The fourth-order valence-electron chi connectivity index (χ4n) is 2.34. The van der Waals surface area contributed by atoms with E-state index in [0.29, 0.717) is 11.6 Å². The van der Waals surface area contributed by atoms with Crippen LogP contribution in [-0.2, 0) is 0 Å². The Hall–Kier alpha value is -1.32. The highest BCUT2D eigenvalue weighted by molar-refractivity contribution is 5.74. The van der Waals surface area contributed by atoms with Gasteiger partial charge in [-0.05, 0) is 19.8 Å². The second-order valence-corrected chi connectivity index (χ2v) is 5.95. The third-order valence-corrected chi connectivity index (χ3v) is 3.32. The molecule has 0 aliphatic carbocycles. The lowest BCUT2D eigenvalue weighted by atomic mass is 9.96. The number of hydrogen-bond acceptors (Lipinski definition) is 2. The molecule has 2 nitrogen and oxygen atoms in total. The second kappa shape index (κ2) is 4.41.